The number of aromatic carboxylic acids is 1. The Kier molecular flexibility index (Phi) is 2.21. The second-order valence-electron chi connectivity index (χ2n) is 3.45. The highest BCUT2D eigenvalue weighted by atomic mass is 35.5. The summed E-state index contributed by atoms with van der Waals surface area (Å²) in [5, 5.41) is 9.20. The van der Waals surface area contributed by atoms with Crippen molar-refractivity contribution in [3.63, 3.8) is 0 Å². The van der Waals surface area contributed by atoms with Crippen LogP contribution < -0.4 is 5.73 Å². The van der Waals surface area contributed by atoms with Crippen LogP contribution >= 0.6 is 11.6 Å². The van der Waals surface area contributed by atoms with E-state index in [0.717, 1.165) is 24.0 Å². The summed E-state index contributed by atoms with van der Waals surface area (Å²) in [5.74, 6) is -0.988. The fraction of sp³-hybridized carbons (Fsp3) is 0.300. The molecule has 0 radical (unpaired) electrons. The lowest BCUT2D eigenvalue weighted by atomic mass is 10.0. The Morgan fingerprint density at radius 3 is 2.93 bits per heavy atom. The average molecular weight is 212 g/mol. The van der Waals surface area contributed by atoms with E-state index in [4.69, 9.17) is 22.4 Å². The van der Waals surface area contributed by atoms with Crippen molar-refractivity contribution in [2.24, 2.45) is 5.73 Å². The average Bonchev–Trinajstić information content (AvgIpc) is 2.49. The topological polar surface area (TPSA) is 63.3 Å². The molecule has 2 rings (SSSR count). The molecule has 14 heavy (non-hydrogen) atoms. The molecule has 3 nitrogen and oxygen atoms in total. The van der Waals surface area contributed by atoms with Crippen molar-refractivity contribution in [3.8, 4) is 0 Å². The summed E-state index contributed by atoms with van der Waals surface area (Å²) >= 11 is 5.98. The molecule has 3 N–H and O–H groups in total. The van der Waals surface area contributed by atoms with Gasteiger partial charge in [-0.2, -0.15) is 0 Å². The first-order chi connectivity index (χ1) is 6.61. The molecule has 0 fully saturated rings. The number of carboxylic acid groups (broad SMARTS) is 1. The molecule has 0 aliphatic heterocycles. The van der Waals surface area contributed by atoms with Crippen molar-refractivity contribution < 1.29 is 9.90 Å². The van der Waals surface area contributed by atoms with Crippen LogP contribution in [0.5, 0.6) is 0 Å². The van der Waals surface area contributed by atoms with Crippen molar-refractivity contribution in [1.29, 1.82) is 0 Å². The maximum atomic E-state index is 10.8. The van der Waals surface area contributed by atoms with Gasteiger partial charge in [0.2, 0.25) is 0 Å². The summed E-state index contributed by atoms with van der Waals surface area (Å²) in [6.07, 6.45) is 1.62. The zero-order chi connectivity index (χ0) is 10.3. The number of fused-ring (bicyclic) bond motifs is 1. The summed E-state index contributed by atoms with van der Waals surface area (Å²) in [6, 6.07) is 3.29. The lowest BCUT2D eigenvalue weighted by Crippen LogP contribution is -2.06. The quantitative estimate of drug-likeness (QED) is 0.747. The summed E-state index contributed by atoms with van der Waals surface area (Å²) < 4.78 is 0. The smallest absolute Gasteiger partial charge is 0.337 e. The number of carbonyl (C=O) groups is 1. The van der Waals surface area contributed by atoms with Crippen molar-refractivity contribution in [2.45, 2.75) is 18.9 Å². The van der Waals surface area contributed by atoms with E-state index in [1.165, 1.54) is 6.07 Å². The second-order valence-corrected chi connectivity index (χ2v) is 3.82. The fourth-order valence-corrected chi connectivity index (χ4v) is 2.21. The Morgan fingerprint density at radius 1 is 1.57 bits per heavy atom. The van der Waals surface area contributed by atoms with Crippen LogP contribution in [0.15, 0.2) is 12.1 Å². The number of hydrogen-bond donors (Lipinski definition) is 2. The van der Waals surface area contributed by atoms with Crippen LogP contribution in [0.3, 0.4) is 0 Å². The fourth-order valence-electron chi connectivity index (χ4n) is 1.86. The summed E-state index contributed by atoms with van der Waals surface area (Å²) in [5.41, 5.74) is 7.89. The number of nitrogens with two attached hydrogens (primary N) is 1. The van der Waals surface area contributed by atoms with E-state index >= 15 is 0 Å². The van der Waals surface area contributed by atoms with Gasteiger partial charge in [0, 0.05) is 6.04 Å². The normalized spacial score (nSPS) is 19.4. The molecule has 1 aromatic rings. The van der Waals surface area contributed by atoms with Crippen LogP contribution in [-0.4, -0.2) is 11.1 Å². The van der Waals surface area contributed by atoms with Crippen molar-refractivity contribution in [3.05, 3.63) is 33.8 Å². The Hall–Kier alpha value is -1.06. The van der Waals surface area contributed by atoms with E-state index in [-0.39, 0.29) is 11.6 Å². The lowest BCUT2D eigenvalue weighted by Gasteiger charge is -2.07. The van der Waals surface area contributed by atoms with Gasteiger partial charge in [0.1, 0.15) is 0 Å². The summed E-state index contributed by atoms with van der Waals surface area (Å²) in [6.45, 7) is 0. The van der Waals surface area contributed by atoms with Crippen LogP contribution in [0, 0.1) is 0 Å². The second kappa shape index (κ2) is 3.26. The highest BCUT2D eigenvalue weighted by molar-refractivity contribution is 6.34. The molecular formula is C10H10ClNO2. The molecule has 0 bridgehead atoms. The molecule has 0 saturated carbocycles. The van der Waals surface area contributed by atoms with Crippen LogP contribution in [0.2, 0.25) is 5.02 Å². The zero-order valence-electron chi connectivity index (χ0n) is 7.46. The minimum Gasteiger partial charge on any atom is -0.478 e. The van der Waals surface area contributed by atoms with E-state index in [0.29, 0.717) is 5.02 Å². The van der Waals surface area contributed by atoms with E-state index in [9.17, 15) is 4.79 Å². The van der Waals surface area contributed by atoms with Crippen molar-refractivity contribution in [2.75, 3.05) is 0 Å². The van der Waals surface area contributed by atoms with Crippen LogP contribution in [0.25, 0.3) is 0 Å². The molecule has 0 unspecified atom stereocenters. The first-order valence-electron chi connectivity index (χ1n) is 4.41. The van der Waals surface area contributed by atoms with E-state index in [2.05, 4.69) is 0 Å². The maximum Gasteiger partial charge on any atom is 0.337 e. The third-order valence-corrected chi connectivity index (χ3v) is 3.05. The standard InChI is InChI=1S/C10H10ClNO2/c11-9-6-3-4-8(12)5(6)1-2-7(9)10(13)14/h1-2,8H,3-4,12H2,(H,13,14)/t8-/m1/s1. The molecule has 0 aromatic heterocycles. The molecule has 1 atom stereocenters. The van der Waals surface area contributed by atoms with Gasteiger partial charge in [-0.3, -0.25) is 0 Å². The maximum absolute atomic E-state index is 10.8. The third kappa shape index (κ3) is 1.29. The first-order valence-corrected chi connectivity index (χ1v) is 4.79. The SMILES string of the molecule is N[C@@H]1CCc2c1ccc(C(=O)O)c2Cl. The number of hydrogen-bond acceptors (Lipinski definition) is 2. The van der Waals surface area contributed by atoms with E-state index < -0.39 is 5.97 Å². The van der Waals surface area contributed by atoms with E-state index in [1.54, 1.807) is 6.07 Å². The molecule has 0 amide bonds. The monoisotopic (exact) mass is 211 g/mol. The highest BCUT2D eigenvalue weighted by Gasteiger charge is 2.24. The largest absolute Gasteiger partial charge is 0.478 e. The van der Waals surface area contributed by atoms with Gasteiger partial charge >= 0.3 is 5.97 Å². The van der Waals surface area contributed by atoms with Gasteiger partial charge in [-0.25, -0.2) is 4.79 Å². The minimum absolute atomic E-state index is 0.00495. The third-order valence-electron chi connectivity index (χ3n) is 2.61. The molecule has 1 aromatic carbocycles. The van der Waals surface area contributed by atoms with Gasteiger partial charge in [0.25, 0.3) is 0 Å². The molecule has 1 aliphatic rings. The van der Waals surface area contributed by atoms with Gasteiger partial charge in [-0.15, -0.1) is 0 Å². The zero-order valence-corrected chi connectivity index (χ0v) is 8.21. The summed E-state index contributed by atoms with van der Waals surface area (Å²) in [4.78, 5) is 10.8. The van der Waals surface area contributed by atoms with Crippen LogP contribution in [0.1, 0.15) is 33.9 Å². The molecule has 1 aliphatic carbocycles. The van der Waals surface area contributed by atoms with Gasteiger partial charge in [-0.1, -0.05) is 17.7 Å². The predicted octanol–water partition coefficient (Wildman–Crippen LogP) is 1.98. The predicted molar refractivity (Wildman–Crippen MR) is 53.7 cm³/mol. The summed E-state index contributed by atoms with van der Waals surface area (Å²) in [7, 11) is 0. The molecule has 74 valence electrons. The Balaban J connectivity index is 2.58. The Labute approximate surface area is 86.5 Å². The Bertz CT molecular complexity index is 403. The number of rotatable bonds is 1. The minimum atomic E-state index is -0.988. The van der Waals surface area contributed by atoms with Gasteiger partial charge in [0.05, 0.1) is 10.6 Å². The number of halogens is 1. The molecule has 0 saturated heterocycles. The lowest BCUT2D eigenvalue weighted by molar-refractivity contribution is 0.0697. The van der Waals surface area contributed by atoms with Crippen LogP contribution in [0.4, 0.5) is 0 Å². The highest BCUT2D eigenvalue weighted by Crippen LogP contribution is 2.35. The van der Waals surface area contributed by atoms with E-state index in [1.807, 2.05) is 0 Å². The molecule has 0 heterocycles. The van der Waals surface area contributed by atoms with Gasteiger partial charge in [0.15, 0.2) is 0 Å². The first kappa shape index (κ1) is 9.49. The van der Waals surface area contributed by atoms with Crippen LogP contribution in [-0.2, 0) is 6.42 Å². The van der Waals surface area contributed by atoms with Crippen molar-refractivity contribution in [1.82, 2.24) is 0 Å². The molecule has 4 heteroatoms. The number of carboxylic acids is 1. The van der Waals surface area contributed by atoms with Gasteiger partial charge in [-0.05, 0) is 30.0 Å². The van der Waals surface area contributed by atoms with Crippen molar-refractivity contribution >= 4 is 17.6 Å². The number of benzene rings is 1. The molecule has 0 spiro atoms. The van der Waals surface area contributed by atoms with Gasteiger partial charge < -0.3 is 10.8 Å². The Morgan fingerprint density at radius 2 is 2.29 bits per heavy atom. The molecular weight excluding hydrogens is 202 g/mol.